The molecule has 1 fully saturated rings. The molecule has 0 N–H and O–H groups in total. The number of nitrogens with zero attached hydrogens (tertiary/aromatic N) is 3. The molecule has 1 aliphatic heterocycles. The van der Waals surface area contributed by atoms with Crippen LogP contribution in [0.25, 0.3) is 11.3 Å². The predicted molar refractivity (Wildman–Crippen MR) is 103 cm³/mol. The number of hydrogen-bond acceptors (Lipinski definition) is 5. The minimum Gasteiger partial charge on any atom is -0.497 e. The third-order valence-electron chi connectivity index (χ3n) is 4.84. The number of benzene rings is 2. The molecular formula is C21H20FN3O3. The Balaban J connectivity index is 1.43. The number of halogens is 1. The van der Waals surface area contributed by atoms with Crippen LogP contribution in [0.2, 0.25) is 0 Å². The van der Waals surface area contributed by atoms with Crippen LogP contribution in [0, 0.1) is 5.82 Å². The SMILES string of the molecule is COc1cccc(-c2cc(C(=O)N3CCN(c4ccccc4F)CC3)no2)c1. The van der Waals surface area contributed by atoms with E-state index in [-0.39, 0.29) is 17.4 Å². The lowest BCUT2D eigenvalue weighted by atomic mass is 10.1. The summed E-state index contributed by atoms with van der Waals surface area (Å²) >= 11 is 0. The number of ether oxygens (including phenoxy) is 1. The zero-order chi connectivity index (χ0) is 19.5. The molecule has 0 aliphatic carbocycles. The molecule has 0 saturated carbocycles. The first-order valence-corrected chi connectivity index (χ1v) is 9.05. The topological polar surface area (TPSA) is 58.8 Å². The van der Waals surface area contributed by atoms with Crippen molar-refractivity contribution in [3.63, 3.8) is 0 Å². The van der Waals surface area contributed by atoms with Gasteiger partial charge >= 0.3 is 0 Å². The zero-order valence-corrected chi connectivity index (χ0v) is 15.5. The molecule has 1 amide bonds. The first kappa shape index (κ1) is 18.0. The van der Waals surface area contributed by atoms with Crippen molar-refractivity contribution < 1.29 is 18.4 Å². The molecule has 0 spiro atoms. The van der Waals surface area contributed by atoms with Crippen molar-refractivity contribution in [1.29, 1.82) is 0 Å². The summed E-state index contributed by atoms with van der Waals surface area (Å²) in [7, 11) is 1.59. The molecule has 2 aromatic carbocycles. The summed E-state index contributed by atoms with van der Waals surface area (Å²) in [6.45, 7) is 2.11. The fourth-order valence-electron chi connectivity index (χ4n) is 3.31. The summed E-state index contributed by atoms with van der Waals surface area (Å²) in [6, 6.07) is 15.7. The van der Waals surface area contributed by atoms with Gasteiger partial charge in [-0.25, -0.2) is 4.39 Å². The van der Waals surface area contributed by atoms with Crippen LogP contribution in [0.15, 0.2) is 59.1 Å². The second-order valence-electron chi connectivity index (χ2n) is 6.54. The highest BCUT2D eigenvalue weighted by Gasteiger charge is 2.25. The van der Waals surface area contributed by atoms with Gasteiger partial charge in [0.15, 0.2) is 11.5 Å². The number of piperazine rings is 1. The van der Waals surface area contributed by atoms with Gasteiger partial charge in [-0.1, -0.05) is 29.4 Å². The monoisotopic (exact) mass is 381 g/mol. The van der Waals surface area contributed by atoms with E-state index in [4.69, 9.17) is 9.26 Å². The van der Waals surface area contributed by atoms with E-state index in [1.807, 2.05) is 35.2 Å². The molecule has 6 nitrogen and oxygen atoms in total. The fourth-order valence-corrected chi connectivity index (χ4v) is 3.31. The lowest BCUT2D eigenvalue weighted by Crippen LogP contribution is -2.49. The van der Waals surface area contributed by atoms with Crippen LogP contribution < -0.4 is 9.64 Å². The minimum atomic E-state index is -0.248. The maximum atomic E-state index is 14.0. The minimum absolute atomic E-state index is 0.189. The van der Waals surface area contributed by atoms with E-state index in [1.54, 1.807) is 30.2 Å². The standard InChI is InChI=1S/C21H20FN3O3/c1-27-16-6-4-5-15(13-16)20-14-18(23-28-20)21(26)25-11-9-24(10-12-25)19-8-3-2-7-17(19)22/h2-8,13-14H,9-12H2,1H3. The van der Waals surface area contributed by atoms with E-state index in [2.05, 4.69) is 5.16 Å². The van der Waals surface area contributed by atoms with Crippen LogP contribution >= 0.6 is 0 Å². The molecule has 0 radical (unpaired) electrons. The van der Waals surface area contributed by atoms with E-state index < -0.39 is 0 Å². The van der Waals surface area contributed by atoms with Gasteiger partial charge in [-0.05, 0) is 24.3 Å². The molecule has 1 saturated heterocycles. The van der Waals surface area contributed by atoms with Crippen molar-refractivity contribution in [2.45, 2.75) is 0 Å². The summed E-state index contributed by atoms with van der Waals surface area (Å²) < 4.78 is 24.5. The molecule has 144 valence electrons. The highest BCUT2D eigenvalue weighted by molar-refractivity contribution is 5.93. The molecule has 3 aromatic rings. The summed E-state index contributed by atoms with van der Waals surface area (Å²) in [5.41, 5.74) is 1.61. The van der Waals surface area contributed by atoms with Crippen LogP contribution in [-0.4, -0.2) is 49.3 Å². The highest BCUT2D eigenvalue weighted by atomic mass is 19.1. The van der Waals surface area contributed by atoms with Gasteiger partial charge in [-0.2, -0.15) is 0 Å². The number of amides is 1. The van der Waals surface area contributed by atoms with Crippen LogP contribution in [0.5, 0.6) is 5.75 Å². The van der Waals surface area contributed by atoms with E-state index >= 15 is 0 Å². The van der Waals surface area contributed by atoms with Gasteiger partial charge in [0.1, 0.15) is 11.6 Å². The molecular weight excluding hydrogens is 361 g/mol. The molecule has 0 atom stereocenters. The largest absolute Gasteiger partial charge is 0.497 e. The predicted octanol–water partition coefficient (Wildman–Crippen LogP) is 3.45. The first-order valence-electron chi connectivity index (χ1n) is 9.05. The van der Waals surface area contributed by atoms with Gasteiger partial charge in [-0.3, -0.25) is 4.79 Å². The van der Waals surface area contributed by atoms with Gasteiger partial charge in [0.2, 0.25) is 0 Å². The Morgan fingerprint density at radius 3 is 2.61 bits per heavy atom. The molecule has 28 heavy (non-hydrogen) atoms. The number of aromatic nitrogens is 1. The average molecular weight is 381 g/mol. The Labute approximate surface area is 162 Å². The molecule has 2 heterocycles. The molecule has 7 heteroatoms. The second-order valence-corrected chi connectivity index (χ2v) is 6.54. The van der Waals surface area contributed by atoms with Crippen LogP contribution in [-0.2, 0) is 0 Å². The van der Waals surface area contributed by atoms with Crippen LogP contribution in [0.1, 0.15) is 10.5 Å². The van der Waals surface area contributed by atoms with Gasteiger partial charge in [0, 0.05) is 37.8 Å². The summed E-state index contributed by atoms with van der Waals surface area (Å²) in [5.74, 6) is 0.770. The Kier molecular flexibility index (Phi) is 4.97. The van der Waals surface area contributed by atoms with E-state index in [0.717, 1.165) is 5.56 Å². The lowest BCUT2D eigenvalue weighted by Gasteiger charge is -2.35. The van der Waals surface area contributed by atoms with Crippen molar-refractivity contribution in [2.24, 2.45) is 0 Å². The fraction of sp³-hybridized carbons (Fsp3) is 0.238. The van der Waals surface area contributed by atoms with E-state index in [1.165, 1.54) is 6.07 Å². The molecule has 1 aromatic heterocycles. The van der Waals surface area contributed by atoms with Gasteiger partial charge in [0.25, 0.3) is 5.91 Å². The number of methoxy groups -OCH3 is 1. The lowest BCUT2D eigenvalue weighted by molar-refractivity contribution is 0.0736. The Morgan fingerprint density at radius 2 is 1.86 bits per heavy atom. The number of anilines is 1. The van der Waals surface area contributed by atoms with Gasteiger partial charge < -0.3 is 19.1 Å². The number of carbonyl (C=O) groups is 1. The number of rotatable bonds is 4. The Bertz CT molecular complexity index is 980. The molecule has 1 aliphatic rings. The van der Waals surface area contributed by atoms with E-state index in [9.17, 15) is 9.18 Å². The smallest absolute Gasteiger partial charge is 0.276 e. The normalized spacial score (nSPS) is 14.2. The first-order chi connectivity index (χ1) is 13.7. The third kappa shape index (κ3) is 3.55. The number of carbonyl (C=O) groups excluding carboxylic acids is 1. The maximum Gasteiger partial charge on any atom is 0.276 e. The summed E-state index contributed by atoms with van der Waals surface area (Å²) in [6.07, 6.45) is 0. The molecule has 0 bridgehead atoms. The Hall–Kier alpha value is -3.35. The molecule has 4 rings (SSSR count). The zero-order valence-electron chi connectivity index (χ0n) is 15.5. The Morgan fingerprint density at radius 1 is 1.07 bits per heavy atom. The van der Waals surface area contributed by atoms with Crippen molar-refractivity contribution in [3.8, 4) is 17.1 Å². The van der Waals surface area contributed by atoms with Crippen molar-refractivity contribution in [3.05, 3.63) is 66.1 Å². The maximum absolute atomic E-state index is 14.0. The summed E-state index contributed by atoms with van der Waals surface area (Å²) in [4.78, 5) is 16.4. The van der Waals surface area contributed by atoms with E-state index in [0.29, 0.717) is 43.4 Å². The van der Waals surface area contributed by atoms with Crippen molar-refractivity contribution in [2.75, 3.05) is 38.2 Å². The van der Waals surface area contributed by atoms with Crippen molar-refractivity contribution >= 4 is 11.6 Å². The summed E-state index contributed by atoms with van der Waals surface area (Å²) in [5, 5.41) is 3.93. The second kappa shape index (κ2) is 7.72. The number of hydrogen-bond donors (Lipinski definition) is 0. The average Bonchev–Trinajstić information content (AvgIpc) is 3.24. The van der Waals surface area contributed by atoms with Gasteiger partial charge in [-0.15, -0.1) is 0 Å². The highest BCUT2D eigenvalue weighted by Crippen LogP contribution is 2.25. The van der Waals surface area contributed by atoms with Crippen LogP contribution in [0.3, 0.4) is 0 Å². The van der Waals surface area contributed by atoms with Crippen molar-refractivity contribution in [1.82, 2.24) is 10.1 Å². The molecule has 0 unspecified atom stereocenters. The van der Waals surface area contributed by atoms with Gasteiger partial charge in [0.05, 0.1) is 12.8 Å². The quantitative estimate of drug-likeness (QED) is 0.693. The van der Waals surface area contributed by atoms with Crippen LogP contribution in [0.4, 0.5) is 10.1 Å². The number of para-hydroxylation sites is 1. The third-order valence-corrected chi connectivity index (χ3v) is 4.84.